The Morgan fingerprint density at radius 2 is 1.30 bits per heavy atom. The molecule has 0 heterocycles. The Balaban J connectivity index is 0. The molecule has 0 spiro atoms. The Bertz CT molecular complexity index is 42.5. The van der Waals surface area contributed by atoms with E-state index >= 15 is 0 Å². The molecule has 0 rings (SSSR count). The highest BCUT2D eigenvalue weighted by Gasteiger charge is 1.84. The van der Waals surface area contributed by atoms with Crippen molar-refractivity contribution in [2.24, 2.45) is 0 Å². The van der Waals surface area contributed by atoms with E-state index in [-0.39, 0.29) is 8.41 Å². The van der Waals surface area contributed by atoms with Crippen molar-refractivity contribution in [3.63, 3.8) is 0 Å². The number of unbranched alkanes of at least 4 members (excludes halogenated alkanes) is 2. The van der Waals surface area contributed by atoms with Gasteiger partial charge in [-0.05, 0) is 12.8 Å². The first-order valence-corrected chi connectivity index (χ1v) is 3.99. The van der Waals surface area contributed by atoms with Crippen molar-refractivity contribution < 1.29 is 4.74 Å². The van der Waals surface area contributed by atoms with Gasteiger partial charge < -0.3 is 4.74 Å². The molecular formula is C8H18BO. The van der Waals surface area contributed by atoms with Gasteiger partial charge in [0.2, 0.25) is 0 Å². The highest BCUT2D eigenvalue weighted by molar-refractivity contribution is 5.75. The third kappa shape index (κ3) is 10.9. The molecular weight excluding hydrogens is 123 g/mol. The first-order chi connectivity index (χ1) is 4.41. The van der Waals surface area contributed by atoms with Gasteiger partial charge in [0.1, 0.15) is 0 Å². The van der Waals surface area contributed by atoms with Gasteiger partial charge in [0.25, 0.3) is 0 Å². The molecule has 0 unspecified atom stereocenters. The van der Waals surface area contributed by atoms with Crippen LogP contribution in [0.4, 0.5) is 0 Å². The quantitative estimate of drug-likeness (QED) is 0.407. The van der Waals surface area contributed by atoms with Crippen LogP contribution in [0.3, 0.4) is 0 Å². The molecule has 59 valence electrons. The van der Waals surface area contributed by atoms with Crippen LogP contribution in [0.1, 0.15) is 39.5 Å². The average Bonchev–Trinajstić information content (AvgIpc) is 1.89. The van der Waals surface area contributed by atoms with E-state index in [1.807, 2.05) is 0 Å². The minimum absolute atomic E-state index is 0. The summed E-state index contributed by atoms with van der Waals surface area (Å²) in [6.07, 6.45) is 4.91. The molecule has 0 aliphatic carbocycles. The van der Waals surface area contributed by atoms with Crippen LogP contribution in [0.15, 0.2) is 0 Å². The molecule has 0 aromatic carbocycles. The first-order valence-electron chi connectivity index (χ1n) is 3.99. The van der Waals surface area contributed by atoms with Crippen LogP contribution in [0.25, 0.3) is 0 Å². The summed E-state index contributed by atoms with van der Waals surface area (Å²) in [5.74, 6) is 0. The van der Waals surface area contributed by atoms with Crippen molar-refractivity contribution in [1.29, 1.82) is 0 Å². The summed E-state index contributed by atoms with van der Waals surface area (Å²) >= 11 is 0. The summed E-state index contributed by atoms with van der Waals surface area (Å²) in [6.45, 7) is 6.28. The third-order valence-corrected chi connectivity index (χ3v) is 1.28. The van der Waals surface area contributed by atoms with Crippen molar-refractivity contribution in [3.05, 3.63) is 0 Å². The zero-order valence-electron chi connectivity index (χ0n) is 7.23. The zero-order valence-corrected chi connectivity index (χ0v) is 7.23. The molecule has 0 atom stereocenters. The minimum atomic E-state index is 0. The van der Waals surface area contributed by atoms with Gasteiger partial charge in [0.05, 0.1) is 0 Å². The SMILES string of the molecule is CCCCOCCCC.[B]. The molecule has 0 aliphatic heterocycles. The standard InChI is InChI=1S/C8H18O.B/c1-3-5-7-9-8-6-4-2;/h3-8H2,1-2H3;. The van der Waals surface area contributed by atoms with E-state index in [9.17, 15) is 0 Å². The highest BCUT2D eigenvalue weighted by atomic mass is 16.5. The summed E-state index contributed by atoms with van der Waals surface area (Å²) in [5, 5.41) is 0. The fraction of sp³-hybridized carbons (Fsp3) is 1.00. The predicted octanol–water partition coefficient (Wildman–Crippen LogP) is 2.22. The van der Waals surface area contributed by atoms with Crippen LogP contribution >= 0.6 is 0 Å². The van der Waals surface area contributed by atoms with Crippen LogP contribution < -0.4 is 0 Å². The molecule has 0 amide bonds. The van der Waals surface area contributed by atoms with Gasteiger partial charge in [0, 0.05) is 21.6 Å². The lowest BCUT2D eigenvalue weighted by atomic mass is 10.3. The second-order valence-electron chi connectivity index (χ2n) is 2.32. The number of hydrogen-bond acceptors (Lipinski definition) is 1. The number of hydrogen-bond donors (Lipinski definition) is 0. The fourth-order valence-electron chi connectivity index (χ4n) is 0.595. The lowest BCUT2D eigenvalue weighted by Gasteiger charge is -1.99. The number of rotatable bonds is 6. The smallest absolute Gasteiger partial charge is 0.0465 e. The van der Waals surface area contributed by atoms with Gasteiger partial charge in [-0.2, -0.15) is 0 Å². The highest BCUT2D eigenvalue weighted by Crippen LogP contribution is 1.91. The minimum Gasteiger partial charge on any atom is -0.381 e. The molecule has 0 saturated carbocycles. The van der Waals surface area contributed by atoms with Crippen LogP contribution in [-0.2, 0) is 4.74 Å². The van der Waals surface area contributed by atoms with E-state index in [4.69, 9.17) is 4.74 Å². The van der Waals surface area contributed by atoms with Gasteiger partial charge >= 0.3 is 0 Å². The van der Waals surface area contributed by atoms with E-state index in [1.54, 1.807) is 0 Å². The Kier molecular flexibility index (Phi) is 14.9. The Hall–Kier alpha value is 0.0249. The van der Waals surface area contributed by atoms with Gasteiger partial charge in [-0.25, -0.2) is 0 Å². The van der Waals surface area contributed by atoms with Crippen molar-refractivity contribution in [2.45, 2.75) is 39.5 Å². The summed E-state index contributed by atoms with van der Waals surface area (Å²) in [7, 11) is 0. The Labute approximate surface area is 66.7 Å². The molecule has 0 aromatic rings. The maximum Gasteiger partial charge on any atom is 0.0465 e. The van der Waals surface area contributed by atoms with Crippen molar-refractivity contribution in [3.8, 4) is 0 Å². The molecule has 0 aromatic heterocycles. The Morgan fingerprint density at radius 1 is 0.900 bits per heavy atom. The van der Waals surface area contributed by atoms with E-state index in [0.29, 0.717) is 0 Å². The fourth-order valence-corrected chi connectivity index (χ4v) is 0.595. The van der Waals surface area contributed by atoms with Crippen LogP contribution in [-0.4, -0.2) is 21.6 Å². The second kappa shape index (κ2) is 11.8. The molecule has 3 radical (unpaired) electrons. The second-order valence-corrected chi connectivity index (χ2v) is 2.32. The van der Waals surface area contributed by atoms with Crippen LogP contribution in [0, 0.1) is 0 Å². The average molecular weight is 141 g/mol. The first kappa shape index (κ1) is 12.7. The lowest BCUT2D eigenvalue weighted by Crippen LogP contribution is -1.95. The molecule has 0 saturated heterocycles. The maximum absolute atomic E-state index is 5.31. The van der Waals surface area contributed by atoms with Gasteiger partial charge in [-0.15, -0.1) is 0 Å². The van der Waals surface area contributed by atoms with E-state index in [1.165, 1.54) is 25.7 Å². The normalized spacial score (nSPS) is 9.00. The van der Waals surface area contributed by atoms with Crippen molar-refractivity contribution >= 4 is 8.41 Å². The van der Waals surface area contributed by atoms with Crippen molar-refractivity contribution in [1.82, 2.24) is 0 Å². The molecule has 0 N–H and O–H groups in total. The lowest BCUT2D eigenvalue weighted by molar-refractivity contribution is 0.128. The van der Waals surface area contributed by atoms with Gasteiger partial charge in [-0.1, -0.05) is 26.7 Å². The van der Waals surface area contributed by atoms with Gasteiger partial charge in [-0.3, -0.25) is 0 Å². The summed E-state index contributed by atoms with van der Waals surface area (Å²) < 4.78 is 5.31. The largest absolute Gasteiger partial charge is 0.381 e. The summed E-state index contributed by atoms with van der Waals surface area (Å²) in [4.78, 5) is 0. The van der Waals surface area contributed by atoms with E-state index in [2.05, 4.69) is 13.8 Å². The summed E-state index contributed by atoms with van der Waals surface area (Å²) in [6, 6.07) is 0. The molecule has 10 heavy (non-hydrogen) atoms. The monoisotopic (exact) mass is 141 g/mol. The van der Waals surface area contributed by atoms with E-state index in [0.717, 1.165) is 13.2 Å². The molecule has 2 heteroatoms. The predicted molar refractivity (Wildman–Crippen MR) is 46.4 cm³/mol. The van der Waals surface area contributed by atoms with Crippen molar-refractivity contribution in [2.75, 3.05) is 13.2 Å². The molecule has 0 aliphatic rings. The van der Waals surface area contributed by atoms with E-state index < -0.39 is 0 Å². The van der Waals surface area contributed by atoms with Gasteiger partial charge in [0.15, 0.2) is 0 Å². The molecule has 1 nitrogen and oxygen atoms in total. The summed E-state index contributed by atoms with van der Waals surface area (Å²) in [5.41, 5.74) is 0. The maximum atomic E-state index is 5.31. The third-order valence-electron chi connectivity index (χ3n) is 1.28. The number of ether oxygens (including phenoxy) is 1. The molecule has 0 bridgehead atoms. The topological polar surface area (TPSA) is 9.23 Å². The van der Waals surface area contributed by atoms with Crippen LogP contribution in [0.5, 0.6) is 0 Å². The van der Waals surface area contributed by atoms with Crippen LogP contribution in [0.2, 0.25) is 0 Å². The zero-order chi connectivity index (χ0) is 6.95. The molecule has 0 fully saturated rings. The Morgan fingerprint density at radius 3 is 1.60 bits per heavy atom.